The summed E-state index contributed by atoms with van der Waals surface area (Å²) in [7, 11) is 8.57. The predicted octanol–water partition coefficient (Wildman–Crippen LogP) is 3.67. The minimum Gasteiger partial charge on any atom is -0.138 e. The second-order valence-corrected chi connectivity index (χ2v) is 4.62. The first-order chi connectivity index (χ1) is 6.26. The van der Waals surface area contributed by atoms with Crippen LogP contribution in [-0.4, -0.2) is 14.0 Å². The molecule has 2 heteroatoms. The molecule has 2 radical (unpaired) electrons. The summed E-state index contributed by atoms with van der Waals surface area (Å²) in [6, 6.07) is 0. The zero-order valence-corrected chi connectivity index (χ0v) is 10.4. The first-order valence-corrected chi connectivity index (χ1v) is 6.48. The summed E-state index contributed by atoms with van der Waals surface area (Å²) in [6.07, 6.45) is 8.74. The lowest BCUT2D eigenvalue weighted by Gasteiger charge is -2.22. The van der Waals surface area contributed by atoms with Crippen LogP contribution in [0.4, 0.5) is 0 Å². The van der Waals surface area contributed by atoms with E-state index in [1.807, 2.05) is 0 Å². The van der Waals surface area contributed by atoms with Crippen molar-refractivity contribution in [2.75, 3.05) is 6.16 Å². The van der Waals surface area contributed by atoms with Gasteiger partial charge in [0.25, 0.3) is 0 Å². The van der Waals surface area contributed by atoms with Gasteiger partial charge in [0.05, 0.1) is 7.85 Å². The highest BCUT2D eigenvalue weighted by atomic mass is 31.0. The van der Waals surface area contributed by atoms with Crippen molar-refractivity contribution in [3.05, 3.63) is 0 Å². The van der Waals surface area contributed by atoms with Gasteiger partial charge in [0.15, 0.2) is 0 Å². The van der Waals surface area contributed by atoms with Crippen LogP contribution in [0.25, 0.3) is 0 Å². The predicted molar refractivity (Wildman–Crippen MR) is 66.6 cm³/mol. The average Bonchev–Trinajstić information content (AvgIpc) is 2.16. The Hall–Kier alpha value is 0.495. The van der Waals surface area contributed by atoms with Gasteiger partial charge in [-0.2, -0.15) is 0 Å². The number of unbranched alkanes of at least 4 members (excludes halogenated alkanes) is 1. The molecule has 0 spiro atoms. The van der Waals surface area contributed by atoms with Crippen LogP contribution in [0.3, 0.4) is 0 Å². The Morgan fingerprint density at radius 3 is 2.38 bits per heavy atom. The zero-order valence-electron chi connectivity index (χ0n) is 9.26. The van der Waals surface area contributed by atoms with E-state index >= 15 is 0 Å². The average molecular weight is 198 g/mol. The van der Waals surface area contributed by atoms with Crippen LogP contribution in [0.1, 0.15) is 46.0 Å². The molecule has 0 aromatic heterocycles. The van der Waals surface area contributed by atoms with Crippen LogP contribution in [0.5, 0.6) is 0 Å². The Labute approximate surface area is 87.9 Å². The van der Waals surface area contributed by atoms with Crippen molar-refractivity contribution in [1.82, 2.24) is 0 Å². The van der Waals surface area contributed by atoms with E-state index in [0.29, 0.717) is 0 Å². The molecule has 0 saturated carbocycles. The molecule has 0 aliphatic rings. The van der Waals surface area contributed by atoms with Gasteiger partial charge >= 0.3 is 0 Å². The molecule has 3 unspecified atom stereocenters. The van der Waals surface area contributed by atoms with Gasteiger partial charge in [-0.25, -0.2) is 0 Å². The standard InChI is InChI=1S/C11H24BP/c1-3-4-6-10(2)11(9-12)7-5-8-13/h10-11H,3-9,13H2,1-2H3. The van der Waals surface area contributed by atoms with Gasteiger partial charge in [-0.15, -0.1) is 9.24 Å². The van der Waals surface area contributed by atoms with Gasteiger partial charge in [-0.05, 0) is 24.4 Å². The van der Waals surface area contributed by atoms with Crippen molar-refractivity contribution in [3.8, 4) is 0 Å². The number of rotatable bonds is 8. The first kappa shape index (κ1) is 13.5. The van der Waals surface area contributed by atoms with Gasteiger partial charge in [0, 0.05) is 0 Å². The third-order valence-electron chi connectivity index (χ3n) is 2.90. The largest absolute Gasteiger partial charge is 0.138 e. The van der Waals surface area contributed by atoms with Crippen LogP contribution in [-0.2, 0) is 0 Å². The van der Waals surface area contributed by atoms with Gasteiger partial charge in [0.1, 0.15) is 0 Å². The molecule has 0 bridgehead atoms. The van der Waals surface area contributed by atoms with E-state index in [2.05, 4.69) is 23.1 Å². The summed E-state index contributed by atoms with van der Waals surface area (Å²) in [5.41, 5.74) is 0. The Balaban J connectivity index is 3.63. The fourth-order valence-electron chi connectivity index (χ4n) is 1.78. The number of hydrogen-bond donors (Lipinski definition) is 0. The molecule has 0 rings (SSSR count). The fraction of sp³-hybridized carbons (Fsp3) is 1.00. The second kappa shape index (κ2) is 9.07. The van der Waals surface area contributed by atoms with Crippen molar-refractivity contribution in [3.63, 3.8) is 0 Å². The monoisotopic (exact) mass is 198 g/mol. The topological polar surface area (TPSA) is 0 Å². The number of hydrogen-bond acceptors (Lipinski definition) is 0. The molecule has 3 atom stereocenters. The maximum Gasteiger partial charge on any atom is 0.0656 e. The van der Waals surface area contributed by atoms with Gasteiger partial charge in [0.2, 0.25) is 0 Å². The summed E-state index contributed by atoms with van der Waals surface area (Å²) in [5.74, 6) is 1.58. The van der Waals surface area contributed by atoms with E-state index < -0.39 is 0 Å². The van der Waals surface area contributed by atoms with Crippen LogP contribution in [0.15, 0.2) is 0 Å². The van der Waals surface area contributed by atoms with Crippen LogP contribution in [0.2, 0.25) is 6.32 Å². The van der Waals surface area contributed by atoms with Gasteiger partial charge < -0.3 is 0 Å². The lowest BCUT2D eigenvalue weighted by atomic mass is 9.78. The van der Waals surface area contributed by atoms with Crippen LogP contribution >= 0.6 is 9.24 Å². The summed E-state index contributed by atoms with van der Waals surface area (Å²) in [6.45, 7) is 4.61. The summed E-state index contributed by atoms with van der Waals surface area (Å²) < 4.78 is 0. The van der Waals surface area contributed by atoms with Crippen molar-refractivity contribution >= 4 is 17.1 Å². The fourth-order valence-corrected chi connectivity index (χ4v) is 2.01. The second-order valence-electron chi connectivity index (χ2n) is 4.05. The quantitative estimate of drug-likeness (QED) is 0.412. The molecule has 0 heterocycles. The highest BCUT2D eigenvalue weighted by Crippen LogP contribution is 2.25. The maximum absolute atomic E-state index is 5.78. The lowest BCUT2D eigenvalue weighted by molar-refractivity contribution is 0.335. The molecule has 0 aromatic carbocycles. The summed E-state index contributed by atoms with van der Waals surface area (Å²) in [4.78, 5) is 0. The molecule has 0 amide bonds. The molecule has 0 N–H and O–H groups in total. The highest BCUT2D eigenvalue weighted by molar-refractivity contribution is 7.16. The molecule has 0 aliphatic carbocycles. The molecular formula is C11H24BP. The van der Waals surface area contributed by atoms with E-state index in [0.717, 1.165) is 18.2 Å². The maximum atomic E-state index is 5.78. The Kier molecular flexibility index (Phi) is 9.41. The van der Waals surface area contributed by atoms with Crippen molar-refractivity contribution < 1.29 is 0 Å². The molecule has 76 valence electrons. The lowest BCUT2D eigenvalue weighted by Crippen LogP contribution is -2.11. The van der Waals surface area contributed by atoms with Crippen molar-refractivity contribution in [2.24, 2.45) is 11.8 Å². The molecule has 0 nitrogen and oxygen atoms in total. The third-order valence-corrected chi connectivity index (χ3v) is 3.31. The van der Waals surface area contributed by atoms with Gasteiger partial charge in [-0.3, -0.25) is 0 Å². The van der Waals surface area contributed by atoms with E-state index in [-0.39, 0.29) is 0 Å². The highest BCUT2D eigenvalue weighted by Gasteiger charge is 2.13. The summed E-state index contributed by atoms with van der Waals surface area (Å²) >= 11 is 0. The zero-order chi connectivity index (χ0) is 10.1. The Bertz CT molecular complexity index is 106. The van der Waals surface area contributed by atoms with Crippen molar-refractivity contribution in [1.29, 1.82) is 0 Å². The smallest absolute Gasteiger partial charge is 0.0656 e. The van der Waals surface area contributed by atoms with Gasteiger partial charge in [-0.1, -0.05) is 45.9 Å². The Morgan fingerprint density at radius 2 is 1.92 bits per heavy atom. The van der Waals surface area contributed by atoms with E-state index in [1.165, 1.54) is 38.3 Å². The molecular weight excluding hydrogens is 174 g/mol. The van der Waals surface area contributed by atoms with E-state index in [1.54, 1.807) is 0 Å². The Morgan fingerprint density at radius 1 is 1.23 bits per heavy atom. The normalized spacial score (nSPS) is 15.6. The van der Waals surface area contributed by atoms with Crippen LogP contribution < -0.4 is 0 Å². The minimum atomic E-state index is 0.757. The van der Waals surface area contributed by atoms with Crippen LogP contribution in [0, 0.1) is 11.8 Å². The molecule has 0 aliphatic heterocycles. The SMILES string of the molecule is [B]CC(CCCP)C(C)CCCC. The van der Waals surface area contributed by atoms with Crippen molar-refractivity contribution in [2.45, 2.75) is 52.3 Å². The molecule has 0 saturated heterocycles. The molecule has 0 aromatic rings. The summed E-state index contributed by atoms with van der Waals surface area (Å²) in [5, 5.41) is 0. The first-order valence-electron chi connectivity index (χ1n) is 5.66. The van der Waals surface area contributed by atoms with E-state index in [9.17, 15) is 0 Å². The molecule has 0 fully saturated rings. The molecule has 13 heavy (non-hydrogen) atoms. The minimum absolute atomic E-state index is 0.757. The van der Waals surface area contributed by atoms with E-state index in [4.69, 9.17) is 7.85 Å². The third kappa shape index (κ3) is 6.55.